The lowest BCUT2D eigenvalue weighted by Gasteiger charge is -2.17. The maximum absolute atomic E-state index is 12.3. The Labute approximate surface area is 140 Å². The number of carbonyl (C=O) groups is 1. The molecular formula is C17H19ClN4O. The molecule has 0 fully saturated rings. The van der Waals surface area contributed by atoms with Gasteiger partial charge in [0.1, 0.15) is 0 Å². The minimum atomic E-state index is -0.0719. The molecule has 0 atom stereocenters. The Morgan fingerprint density at radius 3 is 2.65 bits per heavy atom. The maximum Gasteiger partial charge on any atom is 0.247 e. The van der Waals surface area contributed by atoms with Crippen LogP contribution in [0.5, 0.6) is 0 Å². The van der Waals surface area contributed by atoms with E-state index in [1.165, 1.54) is 16.3 Å². The number of rotatable bonds is 4. The molecule has 0 saturated carbocycles. The van der Waals surface area contributed by atoms with Crippen molar-refractivity contribution >= 4 is 41.1 Å². The lowest BCUT2D eigenvalue weighted by Crippen LogP contribution is -2.30. The van der Waals surface area contributed by atoms with E-state index in [0.29, 0.717) is 19.5 Å². The van der Waals surface area contributed by atoms with Gasteiger partial charge in [-0.2, -0.15) is 0 Å². The van der Waals surface area contributed by atoms with Crippen molar-refractivity contribution in [3.8, 4) is 0 Å². The van der Waals surface area contributed by atoms with Crippen LogP contribution < -0.4 is 16.8 Å². The predicted molar refractivity (Wildman–Crippen MR) is 96.6 cm³/mol. The molecule has 0 aliphatic heterocycles. The van der Waals surface area contributed by atoms with Crippen molar-refractivity contribution in [1.82, 2.24) is 5.32 Å². The normalized spacial score (nSPS) is 12.1. The summed E-state index contributed by atoms with van der Waals surface area (Å²) in [6.07, 6.45) is 2.60. The van der Waals surface area contributed by atoms with Gasteiger partial charge in [-0.15, -0.1) is 12.4 Å². The Bertz CT molecular complexity index is 789. The van der Waals surface area contributed by atoms with Crippen LogP contribution in [0.1, 0.15) is 11.1 Å². The van der Waals surface area contributed by atoms with Gasteiger partial charge in [-0.1, -0.05) is 36.4 Å². The van der Waals surface area contributed by atoms with E-state index in [9.17, 15) is 4.79 Å². The lowest BCUT2D eigenvalue weighted by atomic mass is 9.89. The summed E-state index contributed by atoms with van der Waals surface area (Å²) in [4.78, 5) is 16.1. The van der Waals surface area contributed by atoms with Gasteiger partial charge in [-0.05, 0) is 28.0 Å². The fourth-order valence-corrected chi connectivity index (χ4v) is 2.78. The fraction of sp³-hybridized carbons (Fsp3) is 0.176. The number of nitrogens with zero attached hydrogens (tertiary/aromatic N) is 1. The van der Waals surface area contributed by atoms with Crippen LogP contribution in [0.3, 0.4) is 0 Å². The zero-order chi connectivity index (χ0) is 15.5. The molecule has 0 aromatic heterocycles. The van der Waals surface area contributed by atoms with E-state index in [1.807, 2.05) is 24.3 Å². The van der Waals surface area contributed by atoms with Gasteiger partial charge >= 0.3 is 0 Å². The zero-order valence-corrected chi connectivity index (χ0v) is 13.4. The van der Waals surface area contributed by atoms with Crippen molar-refractivity contribution in [1.29, 1.82) is 0 Å². The average molecular weight is 331 g/mol. The number of guanidine groups is 1. The van der Waals surface area contributed by atoms with Crippen LogP contribution >= 0.6 is 12.4 Å². The van der Waals surface area contributed by atoms with E-state index in [4.69, 9.17) is 11.5 Å². The van der Waals surface area contributed by atoms with Gasteiger partial charge < -0.3 is 16.8 Å². The summed E-state index contributed by atoms with van der Waals surface area (Å²) < 4.78 is 0. The summed E-state index contributed by atoms with van der Waals surface area (Å²) in [5.74, 6) is -0.0379. The number of hydrogen-bond donors (Lipinski definition) is 3. The lowest BCUT2D eigenvalue weighted by molar-refractivity contribution is -0.117. The van der Waals surface area contributed by atoms with Crippen molar-refractivity contribution in [2.45, 2.75) is 6.42 Å². The molecule has 1 aliphatic rings. The number of nitrogens with one attached hydrogen (secondary N) is 1. The molecule has 0 radical (unpaired) electrons. The number of hydrogen-bond acceptors (Lipinski definition) is 2. The van der Waals surface area contributed by atoms with Gasteiger partial charge in [-0.25, -0.2) is 0 Å². The molecule has 5 N–H and O–H groups in total. The van der Waals surface area contributed by atoms with Crippen molar-refractivity contribution in [2.24, 2.45) is 16.5 Å². The first kappa shape index (κ1) is 16.8. The molecule has 1 aliphatic carbocycles. The molecular weight excluding hydrogens is 312 g/mol. The minimum Gasteiger partial charge on any atom is -0.370 e. The van der Waals surface area contributed by atoms with Gasteiger partial charge in [0.2, 0.25) is 5.91 Å². The van der Waals surface area contributed by atoms with Crippen molar-refractivity contribution < 1.29 is 4.79 Å². The summed E-state index contributed by atoms with van der Waals surface area (Å²) >= 11 is 0. The summed E-state index contributed by atoms with van der Waals surface area (Å²) in [5, 5.41) is 5.29. The highest BCUT2D eigenvalue weighted by atomic mass is 35.5. The summed E-state index contributed by atoms with van der Waals surface area (Å²) in [6.45, 7) is 0.799. The molecule has 0 spiro atoms. The second-order valence-electron chi connectivity index (χ2n) is 5.27. The number of halogens is 1. The Morgan fingerprint density at radius 2 is 1.91 bits per heavy atom. The van der Waals surface area contributed by atoms with Crippen LogP contribution in [0.25, 0.3) is 16.8 Å². The van der Waals surface area contributed by atoms with E-state index < -0.39 is 0 Å². The molecule has 1 amide bonds. The average Bonchev–Trinajstić information content (AvgIpc) is 2.51. The van der Waals surface area contributed by atoms with E-state index in [-0.39, 0.29) is 24.3 Å². The Morgan fingerprint density at radius 1 is 1.17 bits per heavy atom. The molecule has 2 aromatic carbocycles. The molecule has 6 heteroatoms. The van der Waals surface area contributed by atoms with E-state index in [1.54, 1.807) is 0 Å². The van der Waals surface area contributed by atoms with Crippen LogP contribution in [0, 0.1) is 0 Å². The van der Waals surface area contributed by atoms with Crippen LogP contribution in [0.2, 0.25) is 0 Å². The molecule has 0 unspecified atom stereocenters. The first-order chi connectivity index (χ1) is 10.6. The Hall–Kier alpha value is -2.53. The highest BCUT2D eigenvalue weighted by Gasteiger charge is 2.17. The maximum atomic E-state index is 12.3. The van der Waals surface area contributed by atoms with E-state index >= 15 is 0 Å². The first-order valence-electron chi connectivity index (χ1n) is 7.20. The molecule has 2 aromatic rings. The van der Waals surface area contributed by atoms with Crippen molar-refractivity contribution in [2.75, 3.05) is 13.1 Å². The fourth-order valence-electron chi connectivity index (χ4n) is 2.78. The summed E-state index contributed by atoms with van der Waals surface area (Å²) in [7, 11) is 0. The quantitative estimate of drug-likeness (QED) is 0.451. The van der Waals surface area contributed by atoms with Crippen LogP contribution in [-0.4, -0.2) is 25.0 Å². The number of amides is 1. The van der Waals surface area contributed by atoms with Gasteiger partial charge in [0.25, 0.3) is 0 Å². The molecule has 0 heterocycles. The number of nitrogens with two attached hydrogens (primary N) is 2. The summed E-state index contributed by atoms with van der Waals surface area (Å²) in [6, 6.07) is 12.3. The van der Waals surface area contributed by atoms with Crippen LogP contribution in [0.4, 0.5) is 0 Å². The second-order valence-corrected chi connectivity index (χ2v) is 5.27. The Balaban J connectivity index is 0.00000192. The number of benzene rings is 2. The molecule has 0 saturated heterocycles. The largest absolute Gasteiger partial charge is 0.370 e. The van der Waals surface area contributed by atoms with E-state index in [0.717, 1.165) is 11.1 Å². The standard InChI is InChI=1S/C17H18N4O.ClH/c18-17(19)21-8-7-20-16(22)14-9-12-5-1-3-11-4-2-6-13(10-14)15(11)12;/h1-6,9H,7-8,10H2,(H,20,22)(H4,18,19,21);1H. The van der Waals surface area contributed by atoms with Gasteiger partial charge in [-0.3, -0.25) is 9.79 Å². The van der Waals surface area contributed by atoms with Gasteiger partial charge in [0, 0.05) is 18.5 Å². The molecule has 120 valence electrons. The highest BCUT2D eigenvalue weighted by molar-refractivity contribution is 6.05. The third kappa shape index (κ3) is 3.63. The second kappa shape index (κ2) is 7.15. The monoisotopic (exact) mass is 330 g/mol. The third-order valence-electron chi connectivity index (χ3n) is 3.72. The zero-order valence-electron chi connectivity index (χ0n) is 12.6. The molecule has 3 rings (SSSR count). The minimum absolute atomic E-state index is 0. The van der Waals surface area contributed by atoms with Gasteiger partial charge in [0.15, 0.2) is 5.96 Å². The van der Waals surface area contributed by atoms with Gasteiger partial charge in [0.05, 0.1) is 6.54 Å². The van der Waals surface area contributed by atoms with Crippen LogP contribution in [0.15, 0.2) is 47.0 Å². The Kier molecular flexibility index (Phi) is 5.24. The topological polar surface area (TPSA) is 93.5 Å². The molecule has 5 nitrogen and oxygen atoms in total. The first-order valence-corrected chi connectivity index (χ1v) is 7.20. The van der Waals surface area contributed by atoms with E-state index in [2.05, 4.69) is 28.5 Å². The SMILES string of the molecule is Cl.NC(N)=NCCNC(=O)C1=Cc2cccc3cccc(c23)C1. The smallest absolute Gasteiger partial charge is 0.247 e. The number of aliphatic imine (C=N–C) groups is 1. The number of carbonyl (C=O) groups excluding carboxylic acids is 1. The predicted octanol–water partition coefficient (Wildman–Crippen LogP) is 1.59. The van der Waals surface area contributed by atoms with Crippen molar-refractivity contribution in [3.05, 3.63) is 53.1 Å². The third-order valence-corrected chi connectivity index (χ3v) is 3.72. The molecule has 23 heavy (non-hydrogen) atoms. The van der Waals surface area contributed by atoms with Crippen LogP contribution in [-0.2, 0) is 11.2 Å². The highest BCUT2D eigenvalue weighted by Crippen LogP contribution is 2.31. The van der Waals surface area contributed by atoms with Crippen molar-refractivity contribution in [3.63, 3.8) is 0 Å². The summed E-state index contributed by atoms with van der Waals surface area (Å²) in [5.41, 5.74) is 13.5. The molecule has 0 bridgehead atoms.